The molecule has 0 saturated carbocycles. The molecule has 148 valence electrons. The summed E-state index contributed by atoms with van der Waals surface area (Å²) in [5, 5.41) is 0.992. The second kappa shape index (κ2) is 7.08. The zero-order valence-corrected chi connectivity index (χ0v) is 15.8. The molecule has 0 radical (unpaired) electrons. The average molecular weight is 391 g/mol. The SMILES string of the molecule is NC(=O)Cn1ccc2c(OC3CCN(c4ncnc5nc[nH]c45)CC3)cccc21. The van der Waals surface area contributed by atoms with Crippen LogP contribution >= 0.6 is 0 Å². The Morgan fingerprint density at radius 1 is 1.21 bits per heavy atom. The fourth-order valence-corrected chi connectivity index (χ4v) is 3.96. The second-order valence-corrected chi connectivity index (χ2v) is 7.20. The molecule has 0 spiro atoms. The Morgan fingerprint density at radius 2 is 2.07 bits per heavy atom. The lowest BCUT2D eigenvalue weighted by molar-refractivity contribution is -0.118. The third-order valence-corrected chi connectivity index (χ3v) is 5.34. The van der Waals surface area contributed by atoms with E-state index in [1.807, 2.05) is 35.0 Å². The summed E-state index contributed by atoms with van der Waals surface area (Å²) in [6.07, 6.45) is 6.96. The van der Waals surface area contributed by atoms with Crippen LogP contribution in [-0.2, 0) is 11.3 Å². The zero-order chi connectivity index (χ0) is 19.8. The number of anilines is 1. The number of carbonyl (C=O) groups excluding carboxylic acids is 1. The van der Waals surface area contributed by atoms with E-state index in [2.05, 4.69) is 24.8 Å². The lowest BCUT2D eigenvalue weighted by Crippen LogP contribution is -2.38. The Bertz CT molecular complexity index is 1170. The van der Waals surface area contributed by atoms with Crippen molar-refractivity contribution >= 4 is 33.8 Å². The summed E-state index contributed by atoms with van der Waals surface area (Å²) in [7, 11) is 0. The average Bonchev–Trinajstić information content (AvgIpc) is 3.36. The number of aromatic nitrogens is 5. The maximum absolute atomic E-state index is 11.3. The topological polar surface area (TPSA) is 115 Å². The number of hydrogen-bond donors (Lipinski definition) is 2. The summed E-state index contributed by atoms with van der Waals surface area (Å²) in [5.41, 5.74) is 7.83. The van der Waals surface area contributed by atoms with Gasteiger partial charge in [0.2, 0.25) is 5.91 Å². The van der Waals surface area contributed by atoms with Crippen LogP contribution in [0.15, 0.2) is 43.1 Å². The van der Waals surface area contributed by atoms with E-state index in [1.165, 1.54) is 0 Å². The number of ether oxygens (including phenoxy) is 1. The van der Waals surface area contributed by atoms with Crippen LogP contribution in [0, 0.1) is 0 Å². The molecule has 5 rings (SSSR count). The molecule has 3 aromatic heterocycles. The Balaban J connectivity index is 1.30. The summed E-state index contributed by atoms with van der Waals surface area (Å²) in [6.45, 7) is 1.84. The molecule has 9 heteroatoms. The molecular weight excluding hydrogens is 370 g/mol. The van der Waals surface area contributed by atoms with Crippen LogP contribution in [0.3, 0.4) is 0 Å². The Kier molecular flexibility index (Phi) is 4.27. The first-order chi connectivity index (χ1) is 14.2. The van der Waals surface area contributed by atoms with Crippen molar-refractivity contribution in [1.82, 2.24) is 24.5 Å². The van der Waals surface area contributed by atoms with Crippen molar-refractivity contribution in [2.24, 2.45) is 5.73 Å². The molecule has 4 heterocycles. The second-order valence-electron chi connectivity index (χ2n) is 7.20. The number of imidazole rings is 1. The van der Waals surface area contributed by atoms with Gasteiger partial charge in [0, 0.05) is 37.5 Å². The highest BCUT2D eigenvalue weighted by molar-refractivity contribution is 5.88. The monoisotopic (exact) mass is 391 g/mol. The van der Waals surface area contributed by atoms with Crippen molar-refractivity contribution in [1.29, 1.82) is 0 Å². The molecule has 4 aromatic rings. The van der Waals surface area contributed by atoms with Crippen LogP contribution in [0.2, 0.25) is 0 Å². The van der Waals surface area contributed by atoms with Gasteiger partial charge in [-0.25, -0.2) is 15.0 Å². The van der Waals surface area contributed by atoms with Gasteiger partial charge in [0.25, 0.3) is 0 Å². The number of nitrogens with zero attached hydrogens (tertiary/aromatic N) is 5. The van der Waals surface area contributed by atoms with Crippen molar-refractivity contribution in [2.75, 3.05) is 18.0 Å². The highest BCUT2D eigenvalue weighted by Gasteiger charge is 2.24. The third kappa shape index (κ3) is 3.24. The first-order valence-electron chi connectivity index (χ1n) is 9.61. The van der Waals surface area contributed by atoms with Crippen molar-refractivity contribution in [3.8, 4) is 5.75 Å². The van der Waals surface area contributed by atoms with E-state index < -0.39 is 0 Å². The Morgan fingerprint density at radius 3 is 2.90 bits per heavy atom. The van der Waals surface area contributed by atoms with Gasteiger partial charge in [0.05, 0.1) is 11.8 Å². The number of piperidine rings is 1. The van der Waals surface area contributed by atoms with Gasteiger partial charge in [0.15, 0.2) is 11.5 Å². The molecule has 0 bridgehead atoms. The van der Waals surface area contributed by atoms with Gasteiger partial charge in [0.1, 0.15) is 30.2 Å². The van der Waals surface area contributed by atoms with Crippen molar-refractivity contribution < 1.29 is 9.53 Å². The highest BCUT2D eigenvalue weighted by Crippen LogP contribution is 2.30. The number of nitrogens with one attached hydrogen (secondary N) is 1. The summed E-state index contributed by atoms with van der Waals surface area (Å²) in [4.78, 5) is 29.5. The molecule has 1 aliphatic heterocycles. The number of amides is 1. The standard InChI is InChI=1S/C20H21N7O2/c21-17(28)10-27-9-6-14-15(27)2-1-3-16(14)29-13-4-7-26(8-5-13)20-18-19(23-11-22-18)24-12-25-20/h1-3,6,9,11-13H,4-5,7-8,10H2,(H2,21,28)(H,22,23,24,25). The van der Waals surface area contributed by atoms with E-state index in [9.17, 15) is 4.79 Å². The van der Waals surface area contributed by atoms with Crippen LogP contribution in [0.1, 0.15) is 12.8 Å². The van der Waals surface area contributed by atoms with E-state index in [-0.39, 0.29) is 18.6 Å². The first-order valence-corrected chi connectivity index (χ1v) is 9.61. The summed E-state index contributed by atoms with van der Waals surface area (Å²) in [5.74, 6) is 1.36. The smallest absolute Gasteiger partial charge is 0.237 e. The van der Waals surface area contributed by atoms with Crippen LogP contribution < -0.4 is 15.4 Å². The predicted molar refractivity (Wildman–Crippen MR) is 109 cm³/mol. The Hall–Kier alpha value is -3.62. The quantitative estimate of drug-likeness (QED) is 0.536. The molecule has 1 aliphatic rings. The molecule has 3 N–H and O–H groups in total. The third-order valence-electron chi connectivity index (χ3n) is 5.34. The van der Waals surface area contributed by atoms with Crippen molar-refractivity contribution in [3.05, 3.63) is 43.1 Å². The van der Waals surface area contributed by atoms with Gasteiger partial charge in [-0.05, 0) is 18.2 Å². The largest absolute Gasteiger partial charge is 0.490 e. The number of carbonyl (C=O) groups is 1. The minimum atomic E-state index is -0.364. The maximum Gasteiger partial charge on any atom is 0.237 e. The molecule has 0 unspecified atom stereocenters. The number of benzene rings is 1. The van der Waals surface area contributed by atoms with Crippen molar-refractivity contribution in [3.63, 3.8) is 0 Å². The number of rotatable bonds is 5. The van der Waals surface area contributed by atoms with Crippen LogP contribution in [0.4, 0.5) is 5.82 Å². The van der Waals surface area contributed by atoms with Crippen LogP contribution in [0.25, 0.3) is 22.1 Å². The highest BCUT2D eigenvalue weighted by atomic mass is 16.5. The number of primary amides is 1. The maximum atomic E-state index is 11.3. The fourth-order valence-electron chi connectivity index (χ4n) is 3.96. The van der Waals surface area contributed by atoms with Gasteiger partial charge in [-0.15, -0.1) is 0 Å². The summed E-state index contributed by atoms with van der Waals surface area (Å²) in [6, 6.07) is 7.86. The molecule has 1 aromatic carbocycles. The van der Waals surface area contributed by atoms with E-state index in [0.717, 1.165) is 53.9 Å². The number of fused-ring (bicyclic) bond motifs is 2. The molecule has 29 heavy (non-hydrogen) atoms. The van der Waals surface area contributed by atoms with E-state index in [0.29, 0.717) is 5.65 Å². The van der Waals surface area contributed by atoms with E-state index >= 15 is 0 Å². The minimum absolute atomic E-state index is 0.121. The molecule has 0 atom stereocenters. The molecule has 1 fully saturated rings. The predicted octanol–water partition coefficient (Wildman–Crippen LogP) is 1.84. The molecule has 0 aliphatic carbocycles. The number of nitrogens with two attached hydrogens (primary N) is 1. The van der Waals surface area contributed by atoms with Gasteiger partial charge in [-0.3, -0.25) is 4.79 Å². The van der Waals surface area contributed by atoms with Gasteiger partial charge in [-0.2, -0.15) is 0 Å². The number of H-pyrrole nitrogens is 1. The Labute approximate surface area is 166 Å². The van der Waals surface area contributed by atoms with Crippen LogP contribution in [-0.4, -0.2) is 49.6 Å². The first kappa shape index (κ1) is 17.5. The van der Waals surface area contributed by atoms with Gasteiger partial charge >= 0.3 is 0 Å². The number of aromatic amines is 1. The van der Waals surface area contributed by atoms with E-state index in [4.69, 9.17) is 10.5 Å². The lowest BCUT2D eigenvalue weighted by Gasteiger charge is -2.33. The number of hydrogen-bond acceptors (Lipinski definition) is 6. The summed E-state index contributed by atoms with van der Waals surface area (Å²) < 4.78 is 8.18. The molecule has 9 nitrogen and oxygen atoms in total. The van der Waals surface area contributed by atoms with Crippen molar-refractivity contribution in [2.45, 2.75) is 25.5 Å². The molecule has 1 saturated heterocycles. The summed E-state index contributed by atoms with van der Waals surface area (Å²) >= 11 is 0. The molecular formula is C20H21N7O2. The van der Waals surface area contributed by atoms with Gasteiger partial charge < -0.3 is 24.9 Å². The van der Waals surface area contributed by atoms with Gasteiger partial charge in [-0.1, -0.05) is 6.07 Å². The normalized spacial score (nSPS) is 15.2. The molecule has 1 amide bonds. The van der Waals surface area contributed by atoms with E-state index in [1.54, 1.807) is 12.7 Å². The lowest BCUT2D eigenvalue weighted by atomic mass is 10.1. The fraction of sp³-hybridized carbons (Fsp3) is 0.300. The zero-order valence-electron chi connectivity index (χ0n) is 15.8. The minimum Gasteiger partial charge on any atom is -0.490 e. The van der Waals surface area contributed by atoms with Crippen LogP contribution in [0.5, 0.6) is 5.75 Å².